The number of carbonyl (C=O) groups excluding carboxylic acids is 2. The number of allylic oxidation sites excluding steroid dienone is 1. The van der Waals surface area contributed by atoms with Gasteiger partial charge in [-0.05, 0) is 79.6 Å². The second kappa shape index (κ2) is 5.52. The van der Waals surface area contributed by atoms with E-state index in [-0.39, 0.29) is 34.6 Å². The Hall–Kier alpha value is -0.960. The lowest BCUT2D eigenvalue weighted by Gasteiger charge is -2.61. The highest BCUT2D eigenvalue weighted by Gasteiger charge is 2.63. The van der Waals surface area contributed by atoms with E-state index in [4.69, 9.17) is 0 Å². The maximum absolute atomic E-state index is 12.2. The van der Waals surface area contributed by atoms with Gasteiger partial charge in [-0.15, -0.1) is 0 Å². The molecule has 4 aliphatic rings. The lowest BCUT2D eigenvalue weighted by molar-refractivity contribution is -0.147. The van der Waals surface area contributed by atoms with Crippen LogP contribution in [0.15, 0.2) is 11.6 Å². The summed E-state index contributed by atoms with van der Waals surface area (Å²) < 4.78 is 0. The van der Waals surface area contributed by atoms with Crippen molar-refractivity contribution in [3.63, 3.8) is 0 Å². The molecule has 0 amide bonds. The van der Waals surface area contributed by atoms with Gasteiger partial charge in [0.15, 0.2) is 5.78 Å². The molecule has 4 rings (SSSR count). The predicted octanol–water partition coefficient (Wildman–Crippen LogP) is 3.94. The molecule has 3 nitrogen and oxygen atoms in total. The van der Waals surface area contributed by atoms with Crippen molar-refractivity contribution >= 4 is 11.6 Å². The number of hydrogen-bond donors (Lipinski definition) is 1. The SMILES string of the molecule is CC(=O)[C@@H]1CC[C@@H]2[C@H]3C[C@H](C)C4=CC(=O)CC[C@]4(C)[C@@H]3[C@H](O)C[C@]21C. The fraction of sp³-hybridized carbons (Fsp3) is 0.818. The summed E-state index contributed by atoms with van der Waals surface area (Å²) in [6.45, 7) is 8.55. The van der Waals surface area contributed by atoms with E-state index in [9.17, 15) is 14.7 Å². The number of rotatable bonds is 1. The average molecular weight is 344 g/mol. The van der Waals surface area contributed by atoms with Crippen molar-refractivity contribution < 1.29 is 14.7 Å². The van der Waals surface area contributed by atoms with Gasteiger partial charge in [0.2, 0.25) is 0 Å². The summed E-state index contributed by atoms with van der Waals surface area (Å²) in [6, 6.07) is 0. The van der Waals surface area contributed by atoms with Crippen LogP contribution in [-0.2, 0) is 9.59 Å². The Kier molecular flexibility index (Phi) is 3.85. The lowest BCUT2D eigenvalue weighted by atomic mass is 9.44. The van der Waals surface area contributed by atoms with Crippen LogP contribution < -0.4 is 0 Å². The summed E-state index contributed by atoms with van der Waals surface area (Å²) in [6.07, 6.45) is 6.93. The number of aliphatic hydroxyl groups is 1. The van der Waals surface area contributed by atoms with Crippen LogP contribution in [0, 0.1) is 40.4 Å². The summed E-state index contributed by atoms with van der Waals surface area (Å²) in [7, 11) is 0. The molecule has 1 N–H and O–H groups in total. The maximum atomic E-state index is 12.2. The van der Waals surface area contributed by atoms with Crippen LogP contribution in [0.1, 0.15) is 66.2 Å². The molecule has 0 aromatic rings. The Morgan fingerprint density at radius 2 is 2.00 bits per heavy atom. The Morgan fingerprint density at radius 1 is 1.28 bits per heavy atom. The molecule has 0 aromatic heterocycles. The first-order valence-corrected chi connectivity index (χ1v) is 10.1. The third-order valence-corrected chi connectivity index (χ3v) is 8.70. The van der Waals surface area contributed by atoms with E-state index in [0.29, 0.717) is 30.0 Å². The first kappa shape index (κ1) is 17.5. The summed E-state index contributed by atoms with van der Waals surface area (Å²) in [5.74, 6) is 2.33. The van der Waals surface area contributed by atoms with Crippen molar-refractivity contribution in [3.05, 3.63) is 11.6 Å². The third-order valence-electron chi connectivity index (χ3n) is 8.70. The maximum Gasteiger partial charge on any atom is 0.155 e. The lowest BCUT2D eigenvalue weighted by Crippen LogP contribution is -2.58. The fourth-order valence-electron chi connectivity index (χ4n) is 7.79. The molecule has 0 radical (unpaired) electrons. The number of fused-ring (bicyclic) bond motifs is 5. The second-order valence-electron chi connectivity index (χ2n) is 9.93. The topological polar surface area (TPSA) is 54.4 Å². The van der Waals surface area contributed by atoms with Crippen molar-refractivity contribution in [2.75, 3.05) is 0 Å². The Bertz CT molecular complexity index is 650. The summed E-state index contributed by atoms with van der Waals surface area (Å²) in [5.41, 5.74) is 1.19. The molecule has 0 heterocycles. The molecule has 0 spiro atoms. The molecule has 0 unspecified atom stereocenters. The monoisotopic (exact) mass is 344 g/mol. The third kappa shape index (κ3) is 2.27. The predicted molar refractivity (Wildman–Crippen MR) is 96.8 cm³/mol. The highest BCUT2D eigenvalue weighted by atomic mass is 16.3. The van der Waals surface area contributed by atoms with Gasteiger partial charge in [0.25, 0.3) is 0 Å². The molecule has 25 heavy (non-hydrogen) atoms. The van der Waals surface area contributed by atoms with Crippen molar-refractivity contribution in [1.82, 2.24) is 0 Å². The highest BCUT2D eigenvalue weighted by Crippen LogP contribution is 2.67. The van der Waals surface area contributed by atoms with E-state index in [1.165, 1.54) is 5.57 Å². The molecule has 0 aliphatic heterocycles. The van der Waals surface area contributed by atoms with Gasteiger partial charge in [0, 0.05) is 12.3 Å². The van der Waals surface area contributed by atoms with E-state index in [1.54, 1.807) is 6.92 Å². The van der Waals surface area contributed by atoms with Crippen LogP contribution in [-0.4, -0.2) is 22.8 Å². The molecular weight excluding hydrogens is 312 g/mol. The normalized spacial score (nSPS) is 52.0. The fourth-order valence-corrected chi connectivity index (χ4v) is 7.79. The molecular formula is C22H32O3. The van der Waals surface area contributed by atoms with E-state index in [0.717, 1.165) is 32.1 Å². The molecule has 3 saturated carbocycles. The zero-order valence-corrected chi connectivity index (χ0v) is 16.0. The van der Waals surface area contributed by atoms with Crippen LogP contribution in [0.5, 0.6) is 0 Å². The first-order valence-electron chi connectivity index (χ1n) is 10.1. The van der Waals surface area contributed by atoms with Crippen LogP contribution >= 0.6 is 0 Å². The van der Waals surface area contributed by atoms with E-state index in [1.807, 2.05) is 6.08 Å². The molecule has 0 aromatic carbocycles. The molecule has 4 aliphatic carbocycles. The van der Waals surface area contributed by atoms with Gasteiger partial charge in [-0.2, -0.15) is 0 Å². The zero-order valence-electron chi connectivity index (χ0n) is 16.0. The standard InChI is InChI=1S/C22H32O3/c1-12-9-15-17-6-5-16(13(2)23)22(17,4)11-19(25)20(15)21(3)8-7-14(24)10-18(12)21/h10,12,15-17,19-20,25H,5-9,11H2,1-4H3/t12-,15+,16-,17+,19+,20-,21-,22-/m0/s1. The molecule has 138 valence electrons. The van der Waals surface area contributed by atoms with Gasteiger partial charge < -0.3 is 5.11 Å². The van der Waals surface area contributed by atoms with Gasteiger partial charge in [-0.3, -0.25) is 9.59 Å². The van der Waals surface area contributed by atoms with Gasteiger partial charge in [-0.1, -0.05) is 26.3 Å². The number of carbonyl (C=O) groups is 2. The molecule has 3 fully saturated rings. The van der Waals surface area contributed by atoms with Gasteiger partial charge >= 0.3 is 0 Å². The van der Waals surface area contributed by atoms with E-state index < -0.39 is 0 Å². The minimum Gasteiger partial charge on any atom is -0.393 e. The Labute approximate surface area is 151 Å². The smallest absolute Gasteiger partial charge is 0.155 e. The molecule has 0 saturated heterocycles. The molecule has 0 bridgehead atoms. The summed E-state index contributed by atoms with van der Waals surface area (Å²) >= 11 is 0. The Morgan fingerprint density at radius 3 is 2.68 bits per heavy atom. The molecule has 3 heteroatoms. The highest BCUT2D eigenvalue weighted by molar-refractivity contribution is 5.91. The second-order valence-corrected chi connectivity index (χ2v) is 9.93. The number of ketones is 2. The van der Waals surface area contributed by atoms with Crippen molar-refractivity contribution in [1.29, 1.82) is 0 Å². The minimum absolute atomic E-state index is 0.0474. The van der Waals surface area contributed by atoms with Crippen molar-refractivity contribution in [3.8, 4) is 0 Å². The van der Waals surface area contributed by atoms with E-state index in [2.05, 4.69) is 20.8 Å². The van der Waals surface area contributed by atoms with Crippen LogP contribution in [0.2, 0.25) is 0 Å². The van der Waals surface area contributed by atoms with Gasteiger partial charge in [0.05, 0.1) is 6.10 Å². The minimum atomic E-state index is -0.361. The van der Waals surface area contributed by atoms with Crippen molar-refractivity contribution in [2.45, 2.75) is 72.3 Å². The van der Waals surface area contributed by atoms with Crippen LogP contribution in [0.3, 0.4) is 0 Å². The van der Waals surface area contributed by atoms with Crippen molar-refractivity contribution in [2.24, 2.45) is 40.4 Å². The number of aliphatic hydroxyl groups excluding tert-OH is 1. The zero-order chi connectivity index (χ0) is 18.1. The molecule has 8 atom stereocenters. The number of hydrogen-bond acceptors (Lipinski definition) is 3. The van der Waals surface area contributed by atoms with Gasteiger partial charge in [-0.25, -0.2) is 0 Å². The number of Topliss-reactive ketones (excluding diaryl/α,β-unsaturated/α-hetero) is 1. The van der Waals surface area contributed by atoms with E-state index >= 15 is 0 Å². The Balaban J connectivity index is 1.76. The first-order chi connectivity index (χ1) is 11.7. The van der Waals surface area contributed by atoms with Crippen LogP contribution in [0.25, 0.3) is 0 Å². The average Bonchev–Trinajstić information content (AvgIpc) is 2.85. The largest absolute Gasteiger partial charge is 0.393 e. The van der Waals surface area contributed by atoms with Gasteiger partial charge in [0.1, 0.15) is 5.78 Å². The van der Waals surface area contributed by atoms with Crippen LogP contribution in [0.4, 0.5) is 0 Å². The summed E-state index contributed by atoms with van der Waals surface area (Å²) in [4.78, 5) is 24.3. The summed E-state index contributed by atoms with van der Waals surface area (Å²) in [5, 5.41) is 11.2. The quantitative estimate of drug-likeness (QED) is 0.784.